The van der Waals surface area contributed by atoms with E-state index in [0.717, 1.165) is 54.4 Å². The zero-order chi connectivity index (χ0) is 35.8. The van der Waals surface area contributed by atoms with Gasteiger partial charge in [0.05, 0.1) is 23.7 Å². The lowest BCUT2D eigenvalue weighted by atomic mass is 9.81. The van der Waals surface area contributed by atoms with E-state index >= 15 is 0 Å². The van der Waals surface area contributed by atoms with Gasteiger partial charge in [0, 0.05) is 30.0 Å². The van der Waals surface area contributed by atoms with Crippen molar-refractivity contribution in [3.05, 3.63) is 87.8 Å². The molecule has 1 unspecified atom stereocenters. The van der Waals surface area contributed by atoms with Crippen LogP contribution in [0.2, 0.25) is 0 Å². The number of anilines is 1. The van der Waals surface area contributed by atoms with E-state index in [9.17, 15) is 24.0 Å². The zero-order valence-corrected chi connectivity index (χ0v) is 28.1. The Balaban J connectivity index is 0.000000535. The quantitative estimate of drug-likeness (QED) is 0.125. The highest BCUT2D eigenvalue weighted by molar-refractivity contribution is 5.99. The highest BCUT2D eigenvalue weighted by Gasteiger charge is 2.29. The predicted molar refractivity (Wildman–Crippen MR) is 191 cm³/mol. The third-order valence-electron chi connectivity index (χ3n) is 9.49. The second-order valence-electron chi connectivity index (χ2n) is 13.1. The van der Waals surface area contributed by atoms with E-state index < -0.39 is 11.9 Å². The topological polar surface area (TPSA) is 225 Å². The van der Waals surface area contributed by atoms with Gasteiger partial charge in [-0.25, -0.2) is 4.79 Å². The summed E-state index contributed by atoms with van der Waals surface area (Å²) < 4.78 is 0. The number of carbonyl (C=O) groups excluding carboxylic acids is 4. The number of aliphatic hydroxyl groups excluding tert-OH is 1. The summed E-state index contributed by atoms with van der Waals surface area (Å²) >= 11 is 0. The monoisotopic (exact) mass is 683 g/mol. The van der Waals surface area contributed by atoms with Crippen molar-refractivity contribution in [1.29, 1.82) is 0 Å². The Morgan fingerprint density at radius 1 is 0.920 bits per heavy atom. The number of hydrogen-bond acceptors (Lipinski definition) is 7. The molecule has 1 saturated heterocycles. The summed E-state index contributed by atoms with van der Waals surface area (Å²) in [5, 5.41) is 17.0. The fourth-order valence-electron chi connectivity index (χ4n) is 6.51. The van der Waals surface area contributed by atoms with Crippen molar-refractivity contribution in [2.24, 2.45) is 23.3 Å². The van der Waals surface area contributed by atoms with E-state index in [4.69, 9.17) is 16.6 Å². The molecule has 2 heterocycles. The van der Waals surface area contributed by atoms with Crippen LogP contribution in [0.25, 0.3) is 22.2 Å². The molecule has 2 aliphatic rings. The number of carbonyl (C=O) groups is 4. The van der Waals surface area contributed by atoms with Crippen molar-refractivity contribution in [2.45, 2.75) is 64.0 Å². The first-order valence-electron chi connectivity index (χ1n) is 17.0. The molecular formula is C37H45N7O6. The van der Waals surface area contributed by atoms with Gasteiger partial charge >= 0.3 is 5.69 Å². The van der Waals surface area contributed by atoms with Crippen molar-refractivity contribution in [1.82, 2.24) is 20.6 Å². The maximum atomic E-state index is 13.5. The molecule has 3 aromatic carbocycles. The molecule has 13 nitrogen and oxygen atoms in total. The van der Waals surface area contributed by atoms with Crippen molar-refractivity contribution in [3.63, 3.8) is 0 Å². The number of aliphatic hydroxyl groups is 1. The first kappa shape index (κ1) is 36.0. The number of imidazole rings is 1. The van der Waals surface area contributed by atoms with Crippen molar-refractivity contribution in [2.75, 3.05) is 18.5 Å². The van der Waals surface area contributed by atoms with Crippen LogP contribution >= 0.6 is 0 Å². The Morgan fingerprint density at radius 2 is 1.64 bits per heavy atom. The van der Waals surface area contributed by atoms with Crippen molar-refractivity contribution >= 4 is 40.3 Å². The number of benzene rings is 3. The van der Waals surface area contributed by atoms with Gasteiger partial charge in [0.1, 0.15) is 6.04 Å². The number of hydrogen-bond donors (Lipinski definition) is 8. The molecule has 0 spiro atoms. The number of aromatic nitrogens is 2. The largest absolute Gasteiger partial charge is 0.394 e. The minimum atomic E-state index is -0.812. The van der Waals surface area contributed by atoms with E-state index in [0.29, 0.717) is 47.6 Å². The van der Waals surface area contributed by atoms with Gasteiger partial charge in [-0.3, -0.25) is 19.2 Å². The molecule has 1 aliphatic heterocycles. The third-order valence-corrected chi connectivity index (χ3v) is 9.49. The maximum Gasteiger partial charge on any atom is 0.323 e. The van der Waals surface area contributed by atoms with Gasteiger partial charge in [0.2, 0.25) is 23.6 Å². The second kappa shape index (κ2) is 16.4. The molecule has 1 saturated carbocycles. The Morgan fingerprint density at radius 3 is 2.24 bits per heavy atom. The number of fused-ring (bicyclic) bond motifs is 1. The minimum Gasteiger partial charge on any atom is -0.394 e. The molecule has 0 radical (unpaired) electrons. The Labute approximate surface area is 289 Å². The lowest BCUT2D eigenvalue weighted by molar-refractivity contribution is -0.130. The molecule has 0 bridgehead atoms. The molecule has 13 heteroatoms. The van der Waals surface area contributed by atoms with E-state index in [-0.39, 0.29) is 42.0 Å². The van der Waals surface area contributed by atoms with Gasteiger partial charge in [0.25, 0.3) is 0 Å². The van der Waals surface area contributed by atoms with Gasteiger partial charge in [-0.2, -0.15) is 0 Å². The standard InChI is InChI=1S/C32H36N6O4.C5H9NO2/c1-18-14-23(29(34)39)10-12-25(18)21-6-2-19(3-7-21)15-28(36-30(40)22-8-4-20(17-33)5-9-22)31(41)35-24-11-13-26-27(16-24)38-32(42)37-26;7-3-4-1-2-5(8)6-4/h2-3,6-7,10-14,16,20,22,28H,4-5,8-9,15,17,33H2,1H3,(H2,34,39)(H,35,41)(H,36,40)(H2,37,38,42);4,7H,1-3H2,(H,6,8)/t20?,22?,28-;/m0./s1. The number of primary amides is 1. The summed E-state index contributed by atoms with van der Waals surface area (Å²) in [6, 6.07) is 17.5. The average molecular weight is 684 g/mol. The van der Waals surface area contributed by atoms with Gasteiger partial charge in [-0.1, -0.05) is 30.3 Å². The fourth-order valence-corrected chi connectivity index (χ4v) is 6.51. The molecule has 6 rings (SSSR count). The van der Waals surface area contributed by atoms with Crippen LogP contribution in [-0.2, 0) is 20.8 Å². The van der Waals surface area contributed by atoms with Gasteiger partial charge in [-0.05, 0) is 104 Å². The molecule has 1 aliphatic carbocycles. The number of rotatable bonds is 10. The third kappa shape index (κ3) is 9.24. The molecule has 2 atom stereocenters. The Bertz CT molecular complexity index is 1890. The highest BCUT2D eigenvalue weighted by Crippen LogP contribution is 2.29. The number of nitrogens with one attached hydrogen (secondary N) is 5. The normalized spacial score (nSPS) is 19.2. The summed E-state index contributed by atoms with van der Waals surface area (Å²) in [4.78, 5) is 65.8. The van der Waals surface area contributed by atoms with Gasteiger partial charge in [0.15, 0.2) is 0 Å². The first-order chi connectivity index (χ1) is 24.0. The minimum absolute atomic E-state index is 0.0301. The molecular weight excluding hydrogens is 638 g/mol. The van der Waals surface area contributed by atoms with Crippen LogP contribution in [0.1, 0.15) is 60.0 Å². The molecule has 2 fully saturated rings. The molecule has 4 amide bonds. The van der Waals surface area contributed by atoms with Crippen LogP contribution in [0.4, 0.5) is 5.69 Å². The van der Waals surface area contributed by atoms with Crippen molar-refractivity contribution < 1.29 is 24.3 Å². The lowest BCUT2D eigenvalue weighted by Gasteiger charge is -2.28. The summed E-state index contributed by atoms with van der Waals surface area (Å²) in [7, 11) is 0. The van der Waals surface area contributed by atoms with Gasteiger partial charge < -0.3 is 42.5 Å². The number of nitrogens with two attached hydrogens (primary N) is 2. The Hall–Kier alpha value is -5.27. The fraction of sp³-hybridized carbons (Fsp3) is 0.378. The second-order valence-corrected chi connectivity index (χ2v) is 13.1. The van der Waals surface area contributed by atoms with Crippen LogP contribution in [0.5, 0.6) is 0 Å². The van der Waals surface area contributed by atoms with Crippen LogP contribution in [0.3, 0.4) is 0 Å². The van der Waals surface area contributed by atoms with E-state index in [2.05, 4.69) is 25.9 Å². The smallest absolute Gasteiger partial charge is 0.323 e. The summed E-state index contributed by atoms with van der Waals surface area (Å²) in [5.74, 6) is -0.602. The van der Waals surface area contributed by atoms with Crippen LogP contribution < -0.4 is 33.1 Å². The van der Waals surface area contributed by atoms with Crippen molar-refractivity contribution in [3.8, 4) is 11.1 Å². The predicted octanol–water partition coefficient (Wildman–Crippen LogP) is 2.62. The Kier molecular flexibility index (Phi) is 11.8. The zero-order valence-electron chi connectivity index (χ0n) is 28.1. The number of aromatic amines is 2. The van der Waals surface area contributed by atoms with E-state index in [1.807, 2.05) is 37.3 Å². The number of amides is 4. The maximum absolute atomic E-state index is 13.5. The number of H-pyrrole nitrogens is 2. The average Bonchev–Trinajstić information content (AvgIpc) is 3.72. The molecule has 4 aromatic rings. The summed E-state index contributed by atoms with van der Waals surface area (Å²) in [6.07, 6.45) is 4.97. The van der Waals surface area contributed by atoms with E-state index in [1.165, 1.54) is 0 Å². The molecule has 50 heavy (non-hydrogen) atoms. The van der Waals surface area contributed by atoms with Crippen LogP contribution in [0.15, 0.2) is 65.5 Å². The molecule has 10 N–H and O–H groups in total. The molecule has 1 aromatic heterocycles. The van der Waals surface area contributed by atoms with E-state index in [1.54, 1.807) is 30.3 Å². The first-order valence-corrected chi connectivity index (χ1v) is 17.0. The lowest BCUT2D eigenvalue weighted by Crippen LogP contribution is -2.48. The van der Waals surface area contributed by atoms with Gasteiger partial charge in [-0.15, -0.1) is 0 Å². The SMILES string of the molecule is Cc1cc(C(N)=O)ccc1-c1ccc(C[C@H](NC(=O)C2CCC(CN)CC2)C(=O)Nc2ccc3[nH]c(=O)[nH]c3c2)cc1.O=C1CCC(CO)N1. The summed E-state index contributed by atoms with van der Waals surface area (Å²) in [5.41, 5.74) is 16.8. The van der Waals surface area contributed by atoms with Crippen LogP contribution in [0, 0.1) is 18.8 Å². The van der Waals surface area contributed by atoms with Crippen LogP contribution in [-0.4, -0.2) is 63.9 Å². The number of aryl methyl sites for hydroxylation is 1. The summed E-state index contributed by atoms with van der Waals surface area (Å²) in [6.45, 7) is 2.62. The molecule has 264 valence electrons. The highest BCUT2D eigenvalue weighted by atomic mass is 16.3.